The van der Waals surface area contributed by atoms with Gasteiger partial charge in [0.05, 0.1) is 5.69 Å². The minimum Gasteiger partial charge on any atom is -0.339 e. The lowest BCUT2D eigenvalue weighted by Gasteiger charge is -2.12. The van der Waals surface area contributed by atoms with Crippen LogP contribution in [0.5, 0.6) is 0 Å². The molecule has 31 heavy (non-hydrogen) atoms. The fraction of sp³-hybridized carbons (Fsp3) is 0.0833. The van der Waals surface area contributed by atoms with Gasteiger partial charge in [-0.05, 0) is 37.6 Å². The van der Waals surface area contributed by atoms with Crippen LogP contribution in [0.4, 0.5) is 5.69 Å². The zero-order valence-corrected chi connectivity index (χ0v) is 18.5. The number of aryl methyl sites for hydroxylation is 1. The fourth-order valence-corrected chi connectivity index (χ4v) is 5.01. The Hall–Kier alpha value is -3.22. The maximum Gasteiger partial charge on any atom is 0.285 e. The van der Waals surface area contributed by atoms with Crippen molar-refractivity contribution in [2.75, 3.05) is 5.32 Å². The molecular weight excluding hydrogens is 432 g/mol. The second kappa shape index (κ2) is 8.13. The van der Waals surface area contributed by atoms with Crippen molar-refractivity contribution < 1.29 is 13.2 Å². The Labute approximate surface area is 186 Å². The van der Waals surface area contributed by atoms with Gasteiger partial charge >= 0.3 is 0 Å². The molecule has 7 heteroatoms. The molecule has 0 saturated carbocycles. The van der Waals surface area contributed by atoms with Gasteiger partial charge in [0.1, 0.15) is 10.7 Å². The highest BCUT2D eigenvalue weighted by Gasteiger charge is 2.31. The second-order valence-electron chi connectivity index (χ2n) is 7.25. The number of carbonyl (C=O) groups is 1. The number of carbonyl (C=O) groups excluding carboxylic acids is 1. The van der Waals surface area contributed by atoms with Crippen LogP contribution >= 0.6 is 11.6 Å². The molecule has 1 N–H and O–H groups in total. The number of rotatable bonds is 4. The quantitative estimate of drug-likeness (QED) is 0.535. The van der Waals surface area contributed by atoms with Gasteiger partial charge < -0.3 is 5.32 Å². The summed E-state index contributed by atoms with van der Waals surface area (Å²) in [6.45, 7) is 3.63. The van der Waals surface area contributed by atoms with Gasteiger partial charge in [-0.25, -0.2) is 0 Å². The third kappa shape index (κ3) is 4.17. The van der Waals surface area contributed by atoms with Crippen molar-refractivity contribution in [2.45, 2.75) is 13.8 Å². The third-order valence-corrected chi connectivity index (χ3v) is 6.71. The second-order valence-corrected chi connectivity index (χ2v) is 9.22. The summed E-state index contributed by atoms with van der Waals surface area (Å²) in [5.41, 5.74) is 3.34. The predicted octanol–water partition coefficient (Wildman–Crippen LogP) is 5.46. The number of benzene rings is 3. The molecule has 3 aromatic rings. The summed E-state index contributed by atoms with van der Waals surface area (Å²) >= 11 is 6.14. The number of sulfonamides is 1. The summed E-state index contributed by atoms with van der Waals surface area (Å²) in [5, 5.41) is 3.44. The van der Waals surface area contributed by atoms with Gasteiger partial charge in [-0.3, -0.25) is 4.79 Å². The van der Waals surface area contributed by atoms with Crippen molar-refractivity contribution in [1.82, 2.24) is 0 Å². The standard InChI is InChI=1S/C24H19ClN2O3S/c1-15-8-10-18(11-9-15)23-16(2)24(27-31(23,29)30)26-21-13-12-19(25)14-20(21)22(28)17-6-4-3-5-7-17/h3-14H,1-2H3,(H,26,27). The number of anilines is 1. The summed E-state index contributed by atoms with van der Waals surface area (Å²) in [4.78, 5) is 13.2. The highest BCUT2D eigenvalue weighted by molar-refractivity contribution is 8.00. The number of halogens is 1. The Morgan fingerprint density at radius 2 is 1.61 bits per heavy atom. The van der Waals surface area contributed by atoms with Crippen LogP contribution in [0.25, 0.3) is 4.91 Å². The smallest absolute Gasteiger partial charge is 0.285 e. The van der Waals surface area contributed by atoms with Crippen molar-refractivity contribution in [2.24, 2.45) is 4.40 Å². The van der Waals surface area contributed by atoms with E-state index in [1.165, 1.54) is 0 Å². The average molecular weight is 451 g/mol. The van der Waals surface area contributed by atoms with Gasteiger partial charge in [0.2, 0.25) is 0 Å². The van der Waals surface area contributed by atoms with Gasteiger partial charge in [-0.2, -0.15) is 8.42 Å². The molecule has 0 bridgehead atoms. The monoisotopic (exact) mass is 450 g/mol. The number of nitrogens with zero attached hydrogens (tertiary/aromatic N) is 1. The first-order chi connectivity index (χ1) is 14.8. The molecule has 4 rings (SSSR count). The number of amidine groups is 1. The minimum absolute atomic E-state index is 0.153. The molecule has 0 aliphatic carbocycles. The molecule has 3 aromatic carbocycles. The van der Waals surface area contributed by atoms with Crippen LogP contribution in [0.1, 0.15) is 34.0 Å². The van der Waals surface area contributed by atoms with Gasteiger partial charge in [-0.15, -0.1) is 4.40 Å². The molecule has 0 aromatic heterocycles. The van der Waals surface area contributed by atoms with Crippen molar-refractivity contribution in [3.05, 3.63) is 106 Å². The predicted molar refractivity (Wildman–Crippen MR) is 125 cm³/mol. The van der Waals surface area contributed by atoms with E-state index in [4.69, 9.17) is 11.6 Å². The van der Waals surface area contributed by atoms with Crippen molar-refractivity contribution in [3.8, 4) is 0 Å². The van der Waals surface area contributed by atoms with Crippen molar-refractivity contribution in [1.29, 1.82) is 0 Å². The van der Waals surface area contributed by atoms with E-state index < -0.39 is 10.0 Å². The zero-order valence-electron chi connectivity index (χ0n) is 16.9. The Morgan fingerprint density at radius 3 is 2.29 bits per heavy atom. The summed E-state index contributed by atoms with van der Waals surface area (Å²) in [6.07, 6.45) is 0. The van der Waals surface area contributed by atoms with Crippen LogP contribution in [0.2, 0.25) is 5.02 Å². The lowest BCUT2D eigenvalue weighted by molar-refractivity contribution is 0.103. The molecule has 1 aliphatic rings. The topological polar surface area (TPSA) is 75.6 Å². The van der Waals surface area contributed by atoms with Crippen molar-refractivity contribution >= 4 is 43.8 Å². The van der Waals surface area contributed by atoms with E-state index in [1.807, 2.05) is 25.1 Å². The summed E-state index contributed by atoms with van der Waals surface area (Å²) in [6, 6.07) is 20.9. The normalized spacial score (nSPS) is 15.0. The Kier molecular flexibility index (Phi) is 5.52. The van der Waals surface area contributed by atoms with E-state index in [0.29, 0.717) is 33.0 Å². The lowest BCUT2D eigenvalue weighted by Crippen LogP contribution is -2.15. The third-order valence-electron chi connectivity index (χ3n) is 4.99. The molecule has 1 heterocycles. The molecule has 0 saturated heterocycles. The number of nitrogens with one attached hydrogen (secondary N) is 1. The molecule has 0 atom stereocenters. The van der Waals surface area contributed by atoms with Gasteiger partial charge in [-0.1, -0.05) is 71.8 Å². The van der Waals surface area contributed by atoms with E-state index in [0.717, 1.165) is 5.56 Å². The summed E-state index contributed by atoms with van der Waals surface area (Å²) < 4.78 is 29.5. The molecule has 0 radical (unpaired) electrons. The number of hydrogen-bond donors (Lipinski definition) is 1. The Bertz CT molecular complexity index is 1340. The fourth-order valence-electron chi connectivity index (χ4n) is 3.41. The summed E-state index contributed by atoms with van der Waals surface area (Å²) in [7, 11) is -3.87. The van der Waals surface area contributed by atoms with E-state index in [9.17, 15) is 13.2 Å². The van der Waals surface area contributed by atoms with E-state index >= 15 is 0 Å². The first kappa shape index (κ1) is 21.0. The minimum atomic E-state index is -3.87. The maximum absolute atomic E-state index is 13.1. The van der Waals surface area contributed by atoms with Gasteiger partial charge in [0.15, 0.2) is 5.78 Å². The molecule has 0 fully saturated rings. The molecule has 0 spiro atoms. The molecule has 156 valence electrons. The van der Waals surface area contributed by atoms with Crippen LogP contribution < -0.4 is 5.32 Å². The first-order valence-corrected chi connectivity index (χ1v) is 11.4. The zero-order chi connectivity index (χ0) is 22.2. The van der Waals surface area contributed by atoms with Crippen molar-refractivity contribution in [3.63, 3.8) is 0 Å². The maximum atomic E-state index is 13.1. The average Bonchev–Trinajstić information content (AvgIpc) is 2.98. The van der Waals surface area contributed by atoms with Crippen LogP contribution in [-0.4, -0.2) is 20.0 Å². The molecule has 5 nitrogen and oxygen atoms in total. The molecule has 0 amide bonds. The highest BCUT2D eigenvalue weighted by Crippen LogP contribution is 2.34. The molecule has 1 aliphatic heterocycles. The Balaban J connectivity index is 1.75. The lowest BCUT2D eigenvalue weighted by atomic mass is 10.0. The van der Waals surface area contributed by atoms with Crippen LogP contribution in [0, 0.1) is 6.92 Å². The molecule has 0 unspecified atom stereocenters. The Morgan fingerprint density at radius 1 is 0.935 bits per heavy atom. The van der Waals surface area contributed by atoms with Gasteiger partial charge in [0, 0.05) is 21.7 Å². The van der Waals surface area contributed by atoms with Gasteiger partial charge in [0.25, 0.3) is 10.0 Å². The van der Waals surface area contributed by atoms with Crippen LogP contribution in [0.3, 0.4) is 0 Å². The van der Waals surface area contributed by atoms with E-state index in [-0.39, 0.29) is 16.5 Å². The number of ketones is 1. The van der Waals surface area contributed by atoms with Crippen LogP contribution in [0.15, 0.2) is 82.8 Å². The largest absolute Gasteiger partial charge is 0.339 e. The van der Waals surface area contributed by atoms with Crippen LogP contribution in [-0.2, 0) is 10.0 Å². The van der Waals surface area contributed by atoms with E-state index in [2.05, 4.69) is 9.71 Å². The summed E-state index contributed by atoms with van der Waals surface area (Å²) in [5.74, 6) is -0.0487. The number of hydrogen-bond acceptors (Lipinski definition) is 4. The first-order valence-electron chi connectivity index (χ1n) is 9.56. The molecular formula is C24H19ClN2O3S. The van der Waals surface area contributed by atoms with E-state index in [1.54, 1.807) is 61.5 Å². The highest BCUT2D eigenvalue weighted by atomic mass is 35.5. The SMILES string of the molecule is CC1=C(c2ccc(C)cc2)S(=O)(=O)N=C1Nc1ccc(Cl)cc1C(=O)c1ccccc1.